The van der Waals surface area contributed by atoms with Crippen LogP contribution in [0.25, 0.3) is 11.1 Å². The molecule has 2 atom stereocenters. The van der Waals surface area contributed by atoms with Crippen LogP contribution in [0.4, 0.5) is 4.79 Å². The highest BCUT2D eigenvalue weighted by Crippen LogP contribution is 2.44. The van der Waals surface area contributed by atoms with Crippen molar-refractivity contribution < 1.29 is 29.0 Å². The van der Waals surface area contributed by atoms with E-state index in [0.717, 1.165) is 22.3 Å². The normalized spacial score (nSPS) is 18.4. The van der Waals surface area contributed by atoms with Gasteiger partial charge in [-0.1, -0.05) is 55.5 Å². The maximum absolute atomic E-state index is 12.8. The first kappa shape index (κ1) is 23.8. The van der Waals surface area contributed by atoms with Gasteiger partial charge in [-0.3, -0.25) is 9.59 Å². The molecule has 1 unspecified atom stereocenters. The summed E-state index contributed by atoms with van der Waals surface area (Å²) < 4.78 is 10.9. The van der Waals surface area contributed by atoms with Gasteiger partial charge < -0.3 is 24.8 Å². The van der Waals surface area contributed by atoms with E-state index >= 15 is 0 Å². The third kappa shape index (κ3) is 5.22. The van der Waals surface area contributed by atoms with Crippen LogP contribution in [0.1, 0.15) is 36.8 Å². The molecule has 2 N–H and O–H groups in total. The Hall–Kier alpha value is -3.39. The summed E-state index contributed by atoms with van der Waals surface area (Å²) in [4.78, 5) is 38.2. The number of aliphatic carboxylic acids is 1. The first-order valence-corrected chi connectivity index (χ1v) is 11.7. The molecule has 2 amide bonds. The Morgan fingerprint density at radius 2 is 1.76 bits per heavy atom. The Morgan fingerprint density at radius 1 is 1.12 bits per heavy atom. The third-order valence-corrected chi connectivity index (χ3v) is 6.55. The van der Waals surface area contributed by atoms with Crippen LogP contribution in [-0.2, 0) is 19.1 Å². The van der Waals surface area contributed by atoms with Crippen molar-refractivity contribution in [3.8, 4) is 11.1 Å². The molecule has 2 aliphatic rings. The van der Waals surface area contributed by atoms with E-state index in [1.807, 2.05) is 31.2 Å². The Bertz CT molecular complexity index is 1010. The second kappa shape index (κ2) is 10.7. The predicted molar refractivity (Wildman–Crippen MR) is 125 cm³/mol. The molecule has 1 saturated heterocycles. The van der Waals surface area contributed by atoms with E-state index in [2.05, 4.69) is 29.6 Å². The van der Waals surface area contributed by atoms with Gasteiger partial charge in [0.05, 0.1) is 19.1 Å². The Kier molecular flexibility index (Phi) is 7.47. The smallest absolute Gasteiger partial charge is 0.407 e. The Morgan fingerprint density at radius 3 is 2.38 bits per heavy atom. The molecule has 0 bridgehead atoms. The third-order valence-electron chi connectivity index (χ3n) is 6.55. The number of carboxylic acid groups (broad SMARTS) is 1. The summed E-state index contributed by atoms with van der Waals surface area (Å²) in [6.45, 7) is 2.92. The lowest BCUT2D eigenvalue weighted by Gasteiger charge is -2.25. The second-order valence-electron chi connectivity index (χ2n) is 8.73. The molecule has 2 aromatic rings. The van der Waals surface area contributed by atoms with Crippen molar-refractivity contribution in [2.24, 2.45) is 5.92 Å². The largest absolute Gasteiger partial charge is 0.481 e. The van der Waals surface area contributed by atoms with Crippen LogP contribution in [0.15, 0.2) is 48.5 Å². The summed E-state index contributed by atoms with van der Waals surface area (Å²) in [5, 5.41) is 12.1. The highest BCUT2D eigenvalue weighted by atomic mass is 16.5. The van der Waals surface area contributed by atoms with Crippen LogP contribution in [0, 0.1) is 5.92 Å². The highest BCUT2D eigenvalue weighted by Gasteiger charge is 2.30. The number of carboxylic acids is 1. The number of carbonyl (C=O) groups excluding carboxylic acids is 2. The van der Waals surface area contributed by atoms with Crippen molar-refractivity contribution in [2.45, 2.75) is 31.7 Å². The zero-order valence-electron chi connectivity index (χ0n) is 19.2. The van der Waals surface area contributed by atoms with Gasteiger partial charge >= 0.3 is 12.1 Å². The maximum atomic E-state index is 12.8. The summed E-state index contributed by atoms with van der Waals surface area (Å²) in [6.07, 6.45) is 0.0551. The average molecular weight is 467 g/mol. The maximum Gasteiger partial charge on any atom is 0.407 e. The van der Waals surface area contributed by atoms with Gasteiger partial charge in [0.25, 0.3) is 0 Å². The minimum Gasteiger partial charge on any atom is -0.481 e. The van der Waals surface area contributed by atoms with E-state index in [1.54, 1.807) is 0 Å². The lowest BCUT2D eigenvalue weighted by Crippen LogP contribution is -2.43. The molecule has 1 aliphatic heterocycles. The number of hydrogen-bond acceptors (Lipinski definition) is 5. The number of rotatable bonds is 7. The van der Waals surface area contributed by atoms with Gasteiger partial charge in [0, 0.05) is 31.5 Å². The van der Waals surface area contributed by atoms with Crippen molar-refractivity contribution >= 4 is 18.0 Å². The summed E-state index contributed by atoms with van der Waals surface area (Å²) in [7, 11) is 0. The van der Waals surface area contributed by atoms with Crippen LogP contribution >= 0.6 is 0 Å². The highest BCUT2D eigenvalue weighted by molar-refractivity contribution is 5.80. The molecule has 8 heteroatoms. The first-order valence-electron chi connectivity index (χ1n) is 11.7. The van der Waals surface area contributed by atoms with E-state index in [4.69, 9.17) is 9.47 Å². The molecular weight excluding hydrogens is 436 g/mol. The van der Waals surface area contributed by atoms with Gasteiger partial charge in [0.1, 0.15) is 6.61 Å². The van der Waals surface area contributed by atoms with Crippen LogP contribution in [0.5, 0.6) is 0 Å². The number of nitrogens with one attached hydrogen (secondary N) is 1. The minimum absolute atomic E-state index is 0.0371. The molecule has 2 aromatic carbocycles. The van der Waals surface area contributed by atoms with E-state index in [9.17, 15) is 19.5 Å². The van der Waals surface area contributed by atoms with Gasteiger partial charge in [-0.25, -0.2) is 4.79 Å². The fraction of sp³-hybridized carbons (Fsp3) is 0.423. The molecule has 8 nitrogen and oxygen atoms in total. The van der Waals surface area contributed by atoms with Gasteiger partial charge in [-0.05, 0) is 28.7 Å². The number of amides is 2. The van der Waals surface area contributed by atoms with Crippen molar-refractivity contribution in [2.75, 3.05) is 32.9 Å². The molecule has 0 saturated carbocycles. The topological polar surface area (TPSA) is 105 Å². The molecule has 180 valence electrons. The molecular formula is C26H30N2O6. The zero-order chi connectivity index (χ0) is 24.1. The van der Waals surface area contributed by atoms with Crippen LogP contribution in [-0.4, -0.2) is 66.9 Å². The molecule has 34 heavy (non-hydrogen) atoms. The number of ether oxygens (including phenoxy) is 2. The standard InChI is InChI=1S/C26H30N2O6/c1-2-18(13-24(29)28-11-12-33-15-17(14-28)25(30)31)27-26(32)34-16-23-21-9-5-3-7-19(21)20-8-4-6-10-22(20)23/h3-10,17-18,23H,2,11-16H2,1H3,(H,27,32)(H,30,31)/t17?,18-/m1/s1. The van der Waals surface area contributed by atoms with Crippen molar-refractivity contribution in [1.29, 1.82) is 0 Å². The molecule has 0 radical (unpaired) electrons. The first-order chi connectivity index (χ1) is 16.5. The van der Waals surface area contributed by atoms with Gasteiger partial charge in [-0.2, -0.15) is 0 Å². The molecule has 1 fully saturated rings. The predicted octanol–water partition coefficient (Wildman–Crippen LogP) is 3.25. The van der Waals surface area contributed by atoms with Crippen molar-refractivity contribution in [3.63, 3.8) is 0 Å². The van der Waals surface area contributed by atoms with Gasteiger partial charge in [-0.15, -0.1) is 0 Å². The van der Waals surface area contributed by atoms with E-state index in [1.165, 1.54) is 4.90 Å². The molecule has 1 heterocycles. The van der Waals surface area contributed by atoms with Crippen molar-refractivity contribution in [1.82, 2.24) is 10.2 Å². The number of alkyl carbamates (subject to hydrolysis) is 1. The van der Waals surface area contributed by atoms with E-state index < -0.39 is 24.0 Å². The summed E-state index contributed by atoms with van der Waals surface area (Å²) in [5.74, 6) is -1.97. The van der Waals surface area contributed by atoms with E-state index in [-0.39, 0.29) is 38.0 Å². The van der Waals surface area contributed by atoms with Crippen molar-refractivity contribution in [3.05, 3.63) is 59.7 Å². The minimum atomic E-state index is -0.983. The summed E-state index contributed by atoms with van der Waals surface area (Å²) in [5.41, 5.74) is 4.58. The molecule has 1 aliphatic carbocycles. The molecule has 4 rings (SSSR count). The quantitative estimate of drug-likeness (QED) is 0.649. The number of carbonyl (C=O) groups is 3. The monoisotopic (exact) mass is 466 g/mol. The number of hydrogen-bond donors (Lipinski definition) is 2. The molecule has 0 aromatic heterocycles. The second-order valence-corrected chi connectivity index (χ2v) is 8.73. The lowest BCUT2D eigenvalue weighted by molar-refractivity contribution is -0.144. The van der Waals surface area contributed by atoms with Gasteiger partial charge in [0.15, 0.2) is 0 Å². The SMILES string of the molecule is CC[C@H](CC(=O)N1CCOCC(C(=O)O)C1)NC(=O)OCC1c2ccccc2-c2ccccc21. The zero-order valence-corrected chi connectivity index (χ0v) is 19.2. The fourth-order valence-electron chi connectivity index (χ4n) is 4.63. The van der Waals surface area contributed by atoms with Crippen LogP contribution < -0.4 is 5.32 Å². The summed E-state index contributed by atoms with van der Waals surface area (Å²) >= 11 is 0. The fourth-order valence-corrected chi connectivity index (χ4v) is 4.63. The number of fused-ring (bicyclic) bond motifs is 3. The van der Waals surface area contributed by atoms with Crippen LogP contribution in [0.2, 0.25) is 0 Å². The van der Waals surface area contributed by atoms with Gasteiger partial charge in [0.2, 0.25) is 5.91 Å². The van der Waals surface area contributed by atoms with E-state index in [0.29, 0.717) is 19.6 Å². The Labute approximate surface area is 198 Å². The van der Waals surface area contributed by atoms with Crippen LogP contribution in [0.3, 0.4) is 0 Å². The number of nitrogens with zero attached hydrogens (tertiary/aromatic N) is 1. The average Bonchev–Trinajstić information content (AvgIpc) is 2.98. The Balaban J connectivity index is 1.33. The number of benzene rings is 2. The molecule has 0 spiro atoms. The summed E-state index contributed by atoms with van der Waals surface area (Å²) in [6, 6.07) is 15.8. The lowest BCUT2D eigenvalue weighted by atomic mass is 9.98.